The quantitative estimate of drug-likeness (QED) is 0.0320. The van der Waals surface area contributed by atoms with Crippen LogP contribution in [0.1, 0.15) is 258 Å². The highest BCUT2D eigenvalue weighted by Gasteiger charge is 2.28. The zero-order valence-electron chi connectivity index (χ0n) is 39.6. The zero-order chi connectivity index (χ0) is 42.8. The number of hydrogen-bond donors (Lipinski definition) is 3. The first kappa shape index (κ1) is 57.5. The lowest BCUT2D eigenvalue weighted by Crippen LogP contribution is -2.46. The van der Waals surface area contributed by atoms with Crippen LogP contribution in [0.15, 0.2) is 0 Å². The molecule has 8 nitrogen and oxygen atoms in total. The number of rotatable bonds is 47. The van der Waals surface area contributed by atoms with Gasteiger partial charge in [0.25, 0.3) is 0 Å². The minimum Gasteiger partial charge on any atom is -0.391 e. The maximum absolute atomic E-state index is 12.9. The largest absolute Gasteiger partial charge is 0.472 e. The van der Waals surface area contributed by atoms with Gasteiger partial charge in [0.05, 0.1) is 39.9 Å². The van der Waals surface area contributed by atoms with Gasteiger partial charge in [0.15, 0.2) is 0 Å². The lowest BCUT2D eigenvalue weighted by molar-refractivity contribution is -0.870. The van der Waals surface area contributed by atoms with Gasteiger partial charge in [-0.3, -0.25) is 13.8 Å². The van der Waals surface area contributed by atoms with Crippen LogP contribution in [-0.2, 0) is 18.4 Å². The highest BCUT2D eigenvalue weighted by atomic mass is 31.2. The molecule has 0 saturated carbocycles. The second-order valence-electron chi connectivity index (χ2n) is 18.9. The molecule has 0 aromatic rings. The van der Waals surface area contributed by atoms with Crippen molar-refractivity contribution in [3.63, 3.8) is 0 Å². The summed E-state index contributed by atoms with van der Waals surface area (Å²) < 4.78 is 23.7. The molecule has 0 aliphatic heterocycles. The third kappa shape index (κ3) is 43.6. The summed E-state index contributed by atoms with van der Waals surface area (Å²) >= 11 is 0. The Morgan fingerprint density at radius 3 is 1.16 bits per heavy atom. The average molecular weight is 846 g/mol. The minimum atomic E-state index is -4.31. The fraction of sp³-hybridized carbons (Fsp3) is 0.980. The van der Waals surface area contributed by atoms with Gasteiger partial charge >= 0.3 is 7.82 Å². The number of quaternary nitrogens is 1. The molecule has 0 bridgehead atoms. The summed E-state index contributed by atoms with van der Waals surface area (Å²) in [5.41, 5.74) is 0. The van der Waals surface area contributed by atoms with E-state index in [-0.39, 0.29) is 19.1 Å². The van der Waals surface area contributed by atoms with Gasteiger partial charge in [-0.15, -0.1) is 0 Å². The van der Waals surface area contributed by atoms with Gasteiger partial charge < -0.3 is 19.8 Å². The van der Waals surface area contributed by atoms with Crippen molar-refractivity contribution in [1.29, 1.82) is 0 Å². The molecule has 0 aliphatic rings. The maximum Gasteiger partial charge on any atom is 0.472 e. The fourth-order valence-corrected chi connectivity index (χ4v) is 8.55. The number of unbranched alkanes of at least 4 members (excludes halogenated alkanes) is 34. The van der Waals surface area contributed by atoms with Crippen molar-refractivity contribution >= 4 is 13.7 Å². The maximum atomic E-state index is 12.9. The molecule has 0 aromatic heterocycles. The number of likely N-dealkylation sites (N-methyl/N-ethyl adjacent to an activating group) is 1. The number of nitrogens with one attached hydrogen (secondary N) is 1. The molecule has 348 valence electrons. The van der Waals surface area contributed by atoms with Crippen molar-refractivity contribution in [3.8, 4) is 0 Å². The third-order valence-electron chi connectivity index (χ3n) is 11.9. The Hall–Kier alpha value is -0.500. The molecule has 0 radical (unpaired) electrons. The molecule has 9 heteroatoms. The SMILES string of the molecule is CCCCCCCCCCCCCCCCCCCCCCCCCCCC(O)C(COP(=O)(O)OCC[N+](C)(C)C)NC(=O)CCCCCCCCCCCCC. The van der Waals surface area contributed by atoms with E-state index in [9.17, 15) is 19.4 Å². The van der Waals surface area contributed by atoms with E-state index in [2.05, 4.69) is 19.2 Å². The van der Waals surface area contributed by atoms with E-state index in [0.717, 1.165) is 38.5 Å². The van der Waals surface area contributed by atoms with E-state index in [4.69, 9.17) is 9.05 Å². The molecular weight excluding hydrogens is 744 g/mol. The predicted molar refractivity (Wildman–Crippen MR) is 249 cm³/mol. The summed E-state index contributed by atoms with van der Waals surface area (Å²) in [7, 11) is 1.63. The minimum absolute atomic E-state index is 0.0786. The molecule has 0 fully saturated rings. The van der Waals surface area contributed by atoms with Crippen molar-refractivity contribution in [3.05, 3.63) is 0 Å². The molecule has 0 heterocycles. The van der Waals surface area contributed by atoms with Crippen molar-refractivity contribution in [1.82, 2.24) is 5.32 Å². The summed E-state index contributed by atoms with van der Waals surface area (Å²) in [5, 5.41) is 14.0. The van der Waals surface area contributed by atoms with Crippen LogP contribution in [-0.4, -0.2) is 73.4 Å². The van der Waals surface area contributed by atoms with Crippen LogP contribution in [0.3, 0.4) is 0 Å². The highest BCUT2D eigenvalue weighted by Crippen LogP contribution is 2.43. The summed E-state index contributed by atoms with van der Waals surface area (Å²) in [6.07, 6.45) is 47.2. The van der Waals surface area contributed by atoms with Gasteiger partial charge in [-0.05, 0) is 12.8 Å². The van der Waals surface area contributed by atoms with E-state index in [1.807, 2.05) is 21.1 Å². The van der Waals surface area contributed by atoms with Gasteiger partial charge in [0.1, 0.15) is 13.2 Å². The van der Waals surface area contributed by atoms with Crippen molar-refractivity contribution in [2.75, 3.05) is 40.9 Å². The number of phosphoric acid groups is 1. The number of aliphatic hydroxyl groups excluding tert-OH is 1. The zero-order valence-corrected chi connectivity index (χ0v) is 40.5. The lowest BCUT2D eigenvalue weighted by atomic mass is 10.0. The Morgan fingerprint density at radius 1 is 0.517 bits per heavy atom. The number of aliphatic hydroxyl groups is 1. The smallest absolute Gasteiger partial charge is 0.391 e. The van der Waals surface area contributed by atoms with Crippen LogP contribution in [0.5, 0.6) is 0 Å². The lowest BCUT2D eigenvalue weighted by Gasteiger charge is -2.26. The van der Waals surface area contributed by atoms with E-state index in [1.165, 1.54) is 193 Å². The normalized spacial score (nSPS) is 14.1. The number of nitrogens with zero attached hydrogens (tertiary/aromatic N) is 1. The van der Waals surface area contributed by atoms with Crippen LogP contribution < -0.4 is 5.32 Å². The number of hydrogen-bond acceptors (Lipinski definition) is 5. The number of phosphoric ester groups is 1. The monoisotopic (exact) mass is 846 g/mol. The van der Waals surface area contributed by atoms with E-state index >= 15 is 0 Å². The second kappa shape index (κ2) is 41.8. The van der Waals surface area contributed by atoms with Gasteiger partial charge in [-0.2, -0.15) is 0 Å². The number of carbonyl (C=O) groups is 1. The Bertz CT molecular complexity index is 916. The molecule has 58 heavy (non-hydrogen) atoms. The van der Waals surface area contributed by atoms with Crippen LogP contribution in [0, 0.1) is 0 Å². The second-order valence-corrected chi connectivity index (χ2v) is 20.4. The molecule has 0 spiro atoms. The van der Waals surface area contributed by atoms with Crippen LogP contribution >= 0.6 is 7.82 Å². The Kier molecular flexibility index (Phi) is 41.5. The molecule has 0 saturated heterocycles. The van der Waals surface area contributed by atoms with Crippen LogP contribution in [0.2, 0.25) is 0 Å². The highest BCUT2D eigenvalue weighted by molar-refractivity contribution is 7.47. The molecule has 0 rings (SSSR count). The van der Waals surface area contributed by atoms with E-state index < -0.39 is 20.0 Å². The fourth-order valence-electron chi connectivity index (χ4n) is 7.81. The van der Waals surface area contributed by atoms with Gasteiger partial charge in [0, 0.05) is 6.42 Å². The van der Waals surface area contributed by atoms with E-state index in [1.54, 1.807) is 0 Å². The Balaban J connectivity index is 4.10. The van der Waals surface area contributed by atoms with Gasteiger partial charge in [-0.1, -0.05) is 239 Å². The molecule has 0 aliphatic carbocycles. The number of carbonyl (C=O) groups excluding carboxylic acids is 1. The standard InChI is InChI=1S/C49H101N2O6P/c1-6-8-10-12-14-16-18-19-20-21-22-23-24-25-26-27-28-29-30-31-33-34-36-38-40-42-48(52)47(46-57-58(54,55)56-45-44-51(3,4)5)50-49(53)43-41-39-37-35-32-17-15-13-11-9-7-2/h47-48,52H,6-46H2,1-5H3,(H-,50,53,54,55)/p+1. The molecule has 3 unspecified atom stereocenters. The summed E-state index contributed by atoms with van der Waals surface area (Å²) in [6.45, 7) is 4.91. The summed E-state index contributed by atoms with van der Waals surface area (Å²) in [4.78, 5) is 23.1. The van der Waals surface area contributed by atoms with Crippen molar-refractivity contribution < 1.29 is 32.9 Å². The first-order valence-corrected chi connectivity index (χ1v) is 26.9. The number of amides is 1. The van der Waals surface area contributed by atoms with E-state index in [0.29, 0.717) is 23.9 Å². The Morgan fingerprint density at radius 2 is 0.828 bits per heavy atom. The first-order chi connectivity index (χ1) is 28.0. The molecule has 0 aromatic carbocycles. The molecular formula is C49H102N2O6P+. The summed E-state index contributed by atoms with van der Waals surface area (Å²) in [5.74, 6) is -0.142. The third-order valence-corrected chi connectivity index (χ3v) is 12.8. The predicted octanol–water partition coefficient (Wildman–Crippen LogP) is 14.5. The van der Waals surface area contributed by atoms with Gasteiger partial charge in [-0.25, -0.2) is 4.57 Å². The van der Waals surface area contributed by atoms with Crippen molar-refractivity contribution in [2.45, 2.75) is 270 Å². The van der Waals surface area contributed by atoms with Crippen molar-refractivity contribution in [2.24, 2.45) is 0 Å². The van der Waals surface area contributed by atoms with Crippen LogP contribution in [0.25, 0.3) is 0 Å². The average Bonchev–Trinajstić information content (AvgIpc) is 3.17. The first-order valence-electron chi connectivity index (χ1n) is 25.4. The topological polar surface area (TPSA) is 105 Å². The Labute approximate surface area is 361 Å². The molecule has 3 atom stereocenters. The van der Waals surface area contributed by atoms with Crippen LogP contribution in [0.4, 0.5) is 0 Å². The molecule has 1 amide bonds. The summed E-state index contributed by atoms with van der Waals surface area (Å²) in [6, 6.07) is -0.753. The molecule has 3 N–H and O–H groups in total. The van der Waals surface area contributed by atoms with Gasteiger partial charge in [0.2, 0.25) is 5.91 Å².